The first-order valence-corrected chi connectivity index (χ1v) is 7.71. The van der Waals surface area contributed by atoms with Gasteiger partial charge in [-0.15, -0.1) is 0 Å². The SMILES string of the molecule is CN(C)C(=O)CCOc1c(Br)cccc1CNC1CC1. The van der Waals surface area contributed by atoms with Crippen LogP contribution in [0.1, 0.15) is 24.8 Å². The minimum atomic E-state index is 0.0784. The lowest BCUT2D eigenvalue weighted by atomic mass is 10.2. The summed E-state index contributed by atoms with van der Waals surface area (Å²) in [6.45, 7) is 1.21. The quantitative estimate of drug-likeness (QED) is 0.829. The third kappa shape index (κ3) is 4.49. The summed E-state index contributed by atoms with van der Waals surface area (Å²) >= 11 is 3.52. The fourth-order valence-electron chi connectivity index (χ4n) is 1.86. The summed E-state index contributed by atoms with van der Waals surface area (Å²) in [5.41, 5.74) is 1.13. The second-order valence-electron chi connectivity index (χ2n) is 5.27. The molecule has 0 spiro atoms. The van der Waals surface area contributed by atoms with Crippen molar-refractivity contribution in [3.8, 4) is 5.75 Å². The van der Waals surface area contributed by atoms with Crippen molar-refractivity contribution in [3.05, 3.63) is 28.2 Å². The molecule has 0 aromatic heterocycles. The van der Waals surface area contributed by atoms with Gasteiger partial charge in [-0.2, -0.15) is 0 Å². The molecular weight excluding hydrogens is 320 g/mol. The summed E-state index contributed by atoms with van der Waals surface area (Å²) in [5, 5.41) is 3.48. The molecule has 1 aliphatic rings. The van der Waals surface area contributed by atoms with Crippen molar-refractivity contribution in [2.45, 2.75) is 31.8 Å². The van der Waals surface area contributed by atoms with E-state index in [0.717, 1.165) is 22.3 Å². The Balaban J connectivity index is 1.92. The first-order chi connectivity index (χ1) is 9.58. The van der Waals surface area contributed by atoms with E-state index in [2.05, 4.69) is 27.3 Å². The van der Waals surface area contributed by atoms with Crippen LogP contribution in [0.4, 0.5) is 0 Å². The van der Waals surface area contributed by atoms with Gasteiger partial charge in [0.1, 0.15) is 5.75 Å². The molecule has 1 fully saturated rings. The molecule has 0 atom stereocenters. The molecule has 0 bridgehead atoms. The number of benzene rings is 1. The van der Waals surface area contributed by atoms with Gasteiger partial charge in [0.05, 0.1) is 17.5 Å². The Hall–Kier alpha value is -1.07. The van der Waals surface area contributed by atoms with E-state index in [4.69, 9.17) is 4.74 Å². The third-order valence-corrected chi connectivity index (χ3v) is 3.89. The van der Waals surface area contributed by atoms with Crippen molar-refractivity contribution in [2.75, 3.05) is 20.7 Å². The molecule has 1 amide bonds. The van der Waals surface area contributed by atoms with Crippen LogP contribution in [0.15, 0.2) is 22.7 Å². The van der Waals surface area contributed by atoms with E-state index in [1.165, 1.54) is 12.8 Å². The minimum Gasteiger partial charge on any atom is -0.492 e. The second kappa shape index (κ2) is 7.09. The Morgan fingerprint density at radius 1 is 1.45 bits per heavy atom. The number of ether oxygens (including phenoxy) is 1. The maximum absolute atomic E-state index is 11.5. The fraction of sp³-hybridized carbons (Fsp3) is 0.533. The van der Waals surface area contributed by atoms with Gasteiger partial charge in [0.15, 0.2) is 0 Å². The van der Waals surface area contributed by atoms with Gasteiger partial charge in [-0.25, -0.2) is 0 Å². The van der Waals surface area contributed by atoms with Gasteiger partial charge in [0.25, 0.3) is 0 Å². The Morgan fingerprint density at radius 3 is 2.85 bits per heavy atom. The van der Waals surface area contributed by atoms with Crippen molar-refractivity contribution in [2.24, 2.45) is 0 Å². The van der Waals surface area contributed by atoms with Gasteiger partial charge in [-0.3, -0.25) is 4.79 Å². The number of hydrogen-bond acceptors (Lipinski definition) is 3. The Kier molecular flexibility index (Phi) is 5.43. The van der Waals surface area contributed by atoms with Crippen LogP contribution in [-0.4, -0.2) is 37.6 Å². The van der Waals surface area contributed by atoms with Gasteiger partial charge >= 0.3 is 0 Å². The highest BCUT2D eigenvalue weighted by Crippen LogP contribution is 2.30. The number of nitrogens with one attached hydrogen (secondary N) is 1. The average molecular weight is 341 g/mol. The van der Waals surface area contributed by atoms with E-state index < -0.39 is 0 Å². The van der Waals surface area contributed by atoms with Gasteiger partial charge in [0, 0.05) is 32.2 Å². The highest BCUT2D eigenvalue weighted by Gasteiger charge is 2.21. The molecule has 1 aromatic carbocycles. The first-order valence-electron chi connectivity index (χ1n) is 6.91. The first kappa shape index (κ1) is 15.3. The molecule has 110 valence electrons. The molecule has 1 N–H and O–H groups in total. The van der Waals surface area contributed by atoms with E-state index in [1.54, 1.807) is 19.0 Å². The average Bonchev–Trinajstić information content (AvgIpc) is 3.22. The number of amides is 1. The molecule has 1 aliphatic carbocycles. The maximum atomic E-state index is 11.5. The van der Waals surface area contributed by atoms with Crippen molar-refractivity contribution in [1.29, 1.82) is 0 Å². The predicted molar refractivity (Wildman–Crippen MR) is 82.8 cm³/mol. The molecule has 1 aromatic rings. The van der Waals surface area contributed by atoms with Crippen LogP contribution in [0.2, 0.25) is 0 Å². The number of rotatable bonds is 7. The summed E-state index contributed by atoms with van der Waals surface area (Å²) in [6, 6.07) is 6.69. The molecule has 1 saturated carbocycles. The topological polar surface area (TPSA) is 41.6 Å². The zero-order chi connectivity index (χ0) is 14.5. The van der Waals surface area contributed by atoms with Crippen molar-refractivity contribution in [3.63, 3.8) is 0 Å². The molecule has 0 aliphatic heterocycles. The third-order valence-electron chi connectivity index (χ3n) is 3.27. The standard InChI is InChI=1S/C15H21BrN2O2/c1-18(2)14(19)8-9-20-15-11(4-3-5-13(15)16)10-17-12-6-7-12/h3-5,12,17H,6-10H2,1-2H3. The molecule has 0 unspecified atom stereocenters. The van der Waals surface area contributed by atoms with E-state index in [0.29, 0.717) is 19.1 Å². The highest BCUT2D eigenvalue weighted by molar-refractivity contribution is 9.10. The molecule has 20 heavy (non-hydrogen) atoms. The van der Waals surface area contributed by atoms with Crippen LogP contribution in [-0.2, 0) is 11.3 Å². The van der Waals surface area contributed by atoms with E-state index in [-0.39, 0.29) is 5.91 Å². The maximum Gasteiger partial charge on any atom is 0.225 e. The molecule has 0 saturated heterocycles. The summed E-state index contributed by atoms with van der Waals surface area (Å²) in [7, 11) is 3.51. The number of carbonyl (C=O) groups is 1. The number of para-hydroxylation sites is 1. The second-order valence-corrected chi connectivity index (χ2v) is 6.12. The van der Waals surface area contributed by atoms with Crippen LogP contribution in [0.5, 0.6) is 5.75 Å². The lowest BCUT2D eigenvalue weighted by Gasteiger charge is -2.15. The van der Waals surface area contributed by atoms with Gasteiger partial charge in [-0.05, 0) is 34.8 Å². The van der Waals surface area contributed by atoms with Gasteiger partial charge < -0.3 is 15.0 Å². The highest BCUT2D eigenvalue weighted by atomic mass is 79.9. The number of nitrogens with zero attached hydrogens (tertiary/aromatic N) is 1. The lowest BCUT2D eigenvalue weighted by Crippen LogP contribution is -2.23. The largest absolute Gasteiger partial charge is 0.492 e. The lowest BCUT2D eigenvalue weighted by molar-refractivity contribution is -0.129. The zero-order valence-corrected chi connectivity index (χ0v) is 13.6. The fourth-order valence-corrected chi connectivity index (χ4v) is 2.38. The monoisotopic (exact) mass is 340 g/mol. The number of hydrogen-bond donors (Lipinski definition) is 1. The number of halogens is 1. The summed E-state index contributed by atoms with van der Waals surface area (Å²) < 4.78 is 6.74. The van der Waals surface area contributed by atoms with Crippen molar-refractivity contribution in [1.82, 2.24) is 10.2 Å². The van der Waals surface area contributed by atoms with Gasteiger partial charge in [0.2, 0.25) is 5.91 Å². The van der Waals surface area contributed by atoms with Crippen molar-refractivity contribution >= 4 is 21.8 Å². The Bertz CT molecular complexity index is 473. The van der Waals surface area contributed by atoms with Gasteiger partial charge in [-0.1, -0.05) is 12.1 Å². The van der Waals surface area contributed by atoms with Crippen LogP contribution >= 0.6 is 15.9 Å². The molecule has 0 radical (unpaired) electrons. The molecular formula is C15H21BrN2O2. The normalized spacial score (nSPS) is 14.2. The number of carbonyl (C=O) groups excluding carboxylic acids is 1. The smallest absolute Gasteiger partial charge is 0.225 e. The molecule has 2 rings (SSSR count). The Morgan fingerprint density at radius 2 is 2.20 bits per heavy atom. The van der Waals surface area contributed by atoms with Crippen LogP contribution < -0.4 is 10.1 Å². The van der Waals surface area contributed by atoms with E-state index in [1.807, 2.05) is 12.1 Å². The predicted octanol–water partition coefficient (Wildman–Crippen LogP) is 2.56. The minimum absolute atomic E-state index is 0.0784. The van der Waals surface area contributed by atoms with Crippen LogP contribution in [0.25, 0.3) is 0 Å². The van der Waals surface area contributed by atoms with E-state index >= 15 is 0 Å². The molecule has 4 nitrogen and oxygen atoms in total. The van der Waals surface area contributed by atoms with E-state index in [9.17, 15) is 4.79 Å². The van der Waals surface area contributed by atoms with Crippen LogP contribution in [0, 0.1) is 0 Å². The summed E-state index contributed by atoms with van der Waals surface area (Å²) in [4.78, 5) is 13.1. The molecule has 5 heteroatoms. The summed E-state index contributed by atoms with van der Waals surface area (Å²) in [5.74, 6) is 0.918. The summed E-state index contributed by atoms with van der Waals surface area (Å²) in [6.07, 6.45) is 2.92. The molecule has 0 heterocycles. The zero-order valence-electron chi connectivity index (χ0n) is 12.0. The van der Waals surface area contributed by atoms with Crippen LogP contribution in [0.3, 0.4) is 0 Å². The van der Waals surface area contributed by atoms with Crippen molar-refractivity contribution < 1.29 is 9.53 Å². The Labute approximate surface area is 128 Å².